The van der Waals surface area contributed by atoms with Crippen molar-refractivity contribution >= 4 is 34.7 Å². The first-order chi connectivity index (χ1) is 12.9. The topological polar surface area (TPSA) is 92.5 Å². The molecular weight excluding hydrogens is 362 g/mol. The van der Waals surface area contributed by atoms with Crippen LogP contribution in [0.5, 0.6) is 0 Å². The lowest BCUT2D eigenvalue weighted by atomic mass is 9.95. The van der Waals surface area contributed by atoms with Gasteiger partial charge in [0.25, 0.3) is 11.8 Å². The average Bonchev–Trinajstić information content (AvgIpc) is 3.00. The average molecular weight is 385 g/mol. The predicted molar refractivity (Wildman–Crippen MR) is 106 cm³/mol. The number of likely N-dealkylation sites (tertiary alicyclic amines) is 1. The molecule has 0 aliphatic carbocycles. The van der Waals surface area contributed by atoms with E-state index >= 15 is 0 Å². The van der Waals surface area contributed by atoms with Crippen LogP contribution in [0, 0.1) is 19.8 Å². The van der Waals surface area contributed by atoms with Crippen molar-refractivity contribution in [3.05, 3.63) is 51.2 Å². The minimum Gasteiger partial charge on any atom is -0.369 e. The molecule has 0 saturated carbocycles. The second kappa shape index (κ2) is 7.92. The number of piperidine rings is 1. The highest BCUT2D eigenvalue weighted by atomic mass is 32.1. The number of hydrogen-bond donors (Lipinski definition) is 2. The summed E-state index contributed by atoms with van der Waals surface area (Å²) in [6, 6.07) is 8.87. The smallest absolute Gasteiger partial charge is 0.256 e. The van der Waals surface area contributed by atoms with Gasteiger partial charge in [-0.1, -0.05) is 12.1 Å². The number of thiophene rings is 1. The molecule has 1 aliphatic rings. The number of primary amides is 1. The first-order valence-electron chi connectivity index (χ1n) is 8.93. The van der Waals surface area contributed by atoms with Gasteiger partial charge in [-0.2, -0.15) is 0 Å². The maximum absolute atomic E-state index is 12.9. The summed E-state index contributed by atoms with van der Waals surface area (Å²) in [4.78, 5) is 40.6. The Morgan fingerprint density at radius 2 is 1.78 bits per heavy atom. The van der Waals surface area contributed by atoms with Crippen molar-refractivity contribution in [1.29, 1.82) is 0 Å². The number of carbonyl (C=O) groups is 3. The summed E-state index contributed by atoms with van der Waals surface area (Å²) >= 11 is 1.57. The molecule has 7 heteroatoms. The Morgan fingerprint density at radius 3 is 2.37 bits per heavy atom. The molecule has 0 spiro atoms. The van der Waals surface area contributed by atoms with Gasteiger partial charge < -0.3 is 16.0 Å². The number of nitrogens with one attached hydrogen (secondary N) is 1. The van der Waals surface area contributed by atoms with Crippen LogP contribution in [0.1, 0.15) is 43.3 Å². The maximum Gasteiger partial charge on any atom is 0.256 e. The number of nitrogens with zero attached hydrogens (tertiary/aromatic N) is 1. The molecule has 0 radical (unpaired) electrons. The van der Waals surface area contributed by atoms with Crippen molar-refractivity contribution in [3.63, 3.8) is 0 Å². The summed E-state index contributed by atoms with van der Waals surface area (Å²) in [6.07, 6.45) is 1.14. The lowest BCUT2D eigenvalue weighted by Crippen LogP contribution is -2.42. The highest BCUT2D eigenvalue weighted by Gasteiger charge is 2.27. The molecule has 0 bridgehead atoms. The molecule has 3 rings (SSSR count). The first-order valence-corrected chi connectivity index (χ1v) is 9.74. The van der Waals surface area contributed by atoms with Crippen LogP contribution in [0.2, 0.25) is 0 Å². The van der Waals surface area contributed by atoms with Crippen LogP contribution in [-0.2, 0) is 4.79 Å². The molecule has 1 saturated heterocycles. The number of para-hydroxylation sites is 1. The molecule has 3 N–H and O–H groups in total. The minimum absolute atomic E-state index is 0.146. The van der Waals surface area contributed by atoms with E-state index in [2.05, 4.69) is 5.32 Å². The molecule has 142 valence electrons. The number of carbonyl (C=O) groups excluding carboxylic acids is 3. The lowest BCUT2D eigenvalue weighted by Gasteiger charge is -2.31. The lowest BCUT2D eigenvalue weighted by molar-refractivity contribution is -0.123. The third-order valence-corrected chi connectivity index (χ3v) is 5.84. The van der Waals surface area contributed by atoms with E-state index in [0.29, 0.717) is 42.7 Å². The zero-order valence-corrected chi connectivity index (χ0v) is 16.3. The Morgan fingerprint density at radius 1 is 1.11 bits per heavy atom. The third-order valence-electron chi connectivity index (χ3n) is 4.88. The van der Waals surface area contributed by atoms with E-state index in [1.165, 1.54) is 0 Å². The summed E-state index contributed by atoms with van der Waals surface area (Å²) in [7, 11) is 0. The molecule has 0 atom stereocenters. The summed E-state index contributed by atoms with van der Waals surface area (Å²) in [5.41, 5.74) is 6.93. The molecule has 1 aromatic carbocycles. The van der Waals surface area contributed by atoms with E-state index in [1.54, 1.807) is 40.5 Å². The van der Waals surface area contributed by atoms with Crippen molar-refractivity contribution in [3.8, 4) is 0 Å². The molecule has 1 aromatic heterocycles. The second-order valence-corrected chi connectivity index (χ2v) is 8.26. The number of aryl methyl sites for hydroxylation is 2. The summed E-state index contributed by atoms with van der Waals surface area (Å²) < 4.78 is 0. The van der Waals surface area contributed by atoms with Crippen LogP contribution in [0.3, 0.4) is 0 Å². The van der Waals surface area contributed by atoms with Crippen molar-refractivity contribution in [2.24, 2.45) is 11.7 Å². The van der Waals surface area contributed by atoms with E-state index < -0.39 is 0 Å². The number of nitrogens with two attached hydrogens (primary N) is 1. The Hall–Kier alpha value is -2.67. The molecular formula is C20H23N3O3S. The number of anilines is 1. The molecule has 1 fully saturated rings. The fraction of sp³-hybridized carbons (Fsp3) is 0.350. The molecule has 3 amide bonds. The van der Waals surface area contributed by atoms with Gasteiger partial charge >= 0.3 is 0 Å². The van der Waals surface area contributed by atoms with E-state index in [0.717, 1.165) is 9.75 Å². The van der Waals surface area contributed by atoms with Crippen LogP contribution in [0.15, 0.2) is 30.3 Å². The summed E-state index contributed by atoms with van der Waals surface area (Å²) in [6.45, 7) is 4.84. The zero-order valence-electron chi connectivity index (χ0n) is 15.5. The van der Waals surface area contributed by atoms with E-state index in [1.807, 2.05) is 19.9 Å². The van der Waals surface area contributed by atoms with Gasteiger partial charge in [-0.15, -0.1) is 11.3 Å². The van der Waals surface area contributed by atoms with Gasteiger partial charge in [0.2, 0.25) is 5.91 Å². The Labute approximate surface area is 162 Å². The van der Waals surface area contributed by atoms with Gasteiger partial charge in [-0.3, -0.25) is 14.4 Å². The van der Waals surface area contributed by atoms with E-state index in [4.69, 9.17) is 5.73 Å². The third kappa shape index (κ3) is 4.19. The molecule has 1 aliphatic heterocycles. The van der Waals surface area contributed by atoms with Crippen LogP contribution < -0.4 is 11.1 Å². The van der Waals surface area contributed by atoms with Crippen molar-refractivity contribution < 1.29 is 14.4 Å². The molecule has 27 heavy (non-hydrogen) atoms. The van der Waals surface area contributed by atoms with Crippen LogP contribution >= 0.6 is 11.3 Å². The highest BCUT2D eigenvalue weighted by Crippen LogP contribution is 2.25. The number of benzene rings is 1. The van der Waals surface area contributed by atoms with Crippen LogP contribution in [0.4, 0.5) is 5.69 Å². The highest BCUT2D eigenvalue weighted by molar-refractivity contribution is 7.12. The normalized spacial score (nSPS) is 14.8. The second-order valence-electron chi connectivity index (χ2n) is 6.80. The van der Waals surface area contributed by atoms with E-state index in [-0.39, 0.29) is 23.6 Å². The van der Waals surface area contributed by atoms with Crippen molar-refractivity contribution in [2.75, 3.05) is 18.4 Å². The van der Waals surface area contributed by atoms with Crippen LogP contribution in [0.25, 0.3) is 0 Å². The molecule has 2 heterocycles. The van der Waals surface area contributed by atoms with Gasteiger partial charge in [-0.05, 0) is 44.9 Å². The Bertz CT molecular complexity index is 882. The summed E-state index contributed by atoms with van der Waals surface area (Å²) in [5, 5.41) is 2.87. The first kappa shape index (κ1) is 19.1. The Kier molecular flexibility index (Phi) is 5.60. The van der Waals surface area contributed by atoms with Gasteiger partial charge in [0, 0.05) is 28.8 Å². The zero-order chi connectivity index (χ0) is 19.6. The minimum atomic E-state index is -0.309. The van der Waals surface area contributed by atoms with Gasteiger partial charge in [0.05, 0.1) is 16.8 Å². The van der Waals surface area contributed by atoms with Gasteiger partial charge in [-0.25, -0.2) is 0 Å². The van der Waals surface area contributed by atoms with Crippen molar-refractivity contribution in [1.82, 2.24) is 4.90 Å². The quantitative estimate of drug-likeness (QED) is 0.847. The van der Waals surface area contributed by atoms with E-state index in [9.17, 15) is 14.4 Å². The number of hydrogen-bond acceptors (Lipinski definition) is 4. The molecule has 0 unspecified atom stereocenters. The molecule has 2 aromatic rings. The van der Waals surface area contributed by atoms with Gasteiger partial charge in [0.15, 0.2) is 0 Å². The number of amides is 3. The predicted octanol–water partition coefficient (Wildman–Crippen LogP) is 2.95. The van der Waals surface area contributed by atoms with Gasteiger partial charge in [0.1, 0.15) is 0 Å². The van der Waals surface area contributed by atoms with Crippen LogP contribution in [-0.4, -0.2) is 35.7 Å². The standard InChI is InChI=1S/C20H23N3O3S/c1-12-11-16(13(2)27-12)19(25)22-17-6-4-3-5-15(17)20(26)23-9-7-14(8-10-23)18(21)24/h3-6,11,14H,7-10H2,1-2H3,(H2,21,24)(H,22,25). The monoisotopic (exact) mass is 385 g/mol. The summed E-state index contributed by atoms with van der Waals surface area (Å²) in [5.74, 6) is -0.846. The number of rotatable bonds is 4. The van der Waals surface area contributed by atoms with Crippen molar-refractivity contribution in [2.45, 2.75) is 26.7 Å². The molecule has 6 nitrogen and oxygen atoms in total. The SMILES string of the molecule is Cc1cc(C(=O)Nc2ccccc2C(=O)N2CCC(C(N)=O)CC2)c(C)s1. The maximum atomic E-state index is 12.9. The fourth-order valence-corrected chi connectivity index (χ4v) is 4.28. The Balaban J connectivity index is 1.76. The fourth-order valence-electron chi connectivity index (χ4n) is 3.36. The largest absolute Gasteiger partial charge is 0.369 e.